The monoisotopic (exact) mass is 252 g/mol. The number of thioether (sulfide) groups is 1. The van der Waals surface area contributed by atoms with Crippen LogP contribution in [0.15, 0.2) is 23.1 Å². The molecule has 17 heavy (non-hydrogen) atoms. The highest BCUT2D eigenvalue weighted by molar-refractivity contribution is 8.00. The van der Waals surface area contributed by atoms with Crippen molar-refractivity contribution in [3.05, 3.63) is 18.2 Å². The second kappa shape index (κ2) is 5.19. The Balaban J connectivity index is 2.31. The number of methoxy groups -OCH3 is 1. The lowest BCUT2D eigenvalue weighted by Gasteiger charge is -2.39. The first-order valence-corrected chi connectivity index (χ1v) is 6.77. The van der Waals surface area contributed by atoms with E-state index in [2.05, 4.69) is 36.3 Å². The van der Waals surface area contributed by atoms with Gasteiger partial charge in [-0.3, -0.25) is 0 Å². The lowest BCUT2D eigenvalue weighted by Crippen LogP contribution is -2.44. The molecule has 2 atom stereocenters. The molecule has 2 unspecified atom stereocenters. The predicted molar refractivity (Wildman–Crippen MR) is 74.4 cm³/mol. The van der Waals surface area contributed by atoms with Crippen LogP contribution in [0.3, 0.4) is 0 Å². The van der Waals surface area contributed by atoms with Crippen LogP contribution in [-0.4, -0.2) is 39.0 Å². The smallest absolute Gasteiger partial charge is 0.121 e. The third kappa shape index (κ3) is 2.38. The van der Waals surface area contributed by atoms with E-state index < -0.39 is 0 Å². The first-order chi connectivity index (χ1) is 8.17. The topological polar surface area (TPSA) is 24.5 Å². The second-order valence-electron chi connectivity index (χ2n) is 4.40. The van der Waals surface area contributed by atoms with Crippen LogP contribution in [0.1, 0.15) is 6.92 Å². The molecule has 0 radical (unpaired) electrons. The van der Waals surface area contributed by atoms with Crippen LogP contribution in [0.5, 0.6) is 5.75 Å². The summed E-state index contributed by atoms with van der Waals surface area (Å²) in [7, 11) is 5.88. The zero-order valence-corrected chi connectivity index (χ0v) is 11.7. The van der Waals surface area contributed by atoms with Gasteiger partial charge in [-0.1, -0.05) is 0 Å². The Kier molecular flexibility index (Phi) is 3.84. The molecular weight excluding hydrogens is 232 g/mol. The number of ether oxygens (including phenoxy) is 1. The normalized spacial score (nSPS) is 23.4. The van der Waals surface area contributed by atoms with Gasteiger partial charge in [0, 0.05) is 35.8 Å². The van der Waals surface area contributed by atoms with Gasteiger partial charge in [0.05, 0.1) is 12.8 Å². The van der Waals surface area contributed by atoms with Gasteiger partial charge < -0.3 is 15.0 Å². The van der Waals surface area contributed by atoms with Gasteiger partial charge in [-0.25, -0.2) is 0 Å². The summed E-state index contributed by atoms with van der Waals surface area (Å²) < 4.78 is 5.29. The Morgan fingerprint density at radius 3 is 2.88 bits per heavy atom. The molecule has 0 spiro atoms. The molecule has 1 aliphatic heterocycles. The molecule has 1 heterocycles. The highest BCUT2D eigenvalue weighted by Crippen LogP contribution is 2.42. The van der Waals surface area contributed by atoms with E-state index in [0.29, 0.717) is 11.3 Å². The molecule has 3 nitrogen and oxygen atoms in total. The predicted octanol–water partition coefficient (Wildman–Crippen LogP) is 2.21. The summed E-state index contributed by atoms with van der Waals surface area (Å²) in [5.74, 6) is 0.926. The Hall–Kier alpha value is -0.870. The molecular formula is C13H20N2OS. The first-order valence-electron chi connectivity index (χ1n) is 5.89. The number of fused-ring (bicyclic) bond motifs is 1. The van der Waals surface area contributed by atoms with Crippen LogP contribution in [0.4, 0.5) is 5.69 Å². The van der Waals surface area contributed by atoms with E-state index in [-0.39, 0.29) is 0 Å². The van der Waals surface area contributed by atoms with Gasteiger partial charge in [0.25, 0.3) is 0 Å². The molecule has 0 saturated carbocycles. The third-order valence-electron chi connectivity index (χ3n) is 3.38. The standard InChI is InChI=1S/C13H20N2OS/c1-9-13(8-14-2)17-12-6-5-10(16-4)7-11(12)15(9)3/h5-7,9,13-14H,8H2,1-4H3. The van der Waals surface area contributed by atoms with Crippen LogP contribution < -0.4 is 15.0 Å². The Labute approximate surface area is 108 Å². The number of hydrogen-bond acceptors (Lipinski definition) is 4. The van der Waals surface area contributed by atoms with Crippen molar-refractivity contribution < 1.29 is 4.74 Å². The maximum atomic E-state index is 5.29. The fourth-order valence-electron chi connectivity index (χ4n) is 2.14. The Bertz CT molecular complexity index is 397. The highest BCUT2D eigenvalue weighted by atomic mass is 32.2. The van der Waals surface area contributed by atoms with Crippen molar-refractivity contribution in [2.24, 2.45) is 0 Å². The summed E-state index contributed by atoms with van der Waals surface area (Å²) in [5, 5.41) is 3.86. The molecule has 1 N–H and O–H groups in total. The molecule has 0 bridgehead atoms. The van der Waals surface area contributed by atoms with Crippen LogP contribution in [0.25, 0.3) is 0 Å². The summed E-state index contributed by atoms with van der Waals surface area (Å²) in [6.45, 7) is 3.30. The Morgan fingerprint density at radius 1 is 1.47 bits per heavy atom. The molecule has 4 heteroatoms. The number of nitrogens with zero attached hydrogens (tertiary/aromatic N) is 1. The minimum absolute atomic E-state index is 0.520. The van der Waals surface area contributed by atoms with Gasteiger partial charge >= 0.3 is 0 Å². The number of benzene rings is 1. The molecule has 1 aromatic rings. The van der Waals surface area contributed by atoms with Crippen molar-refractivity contribution in [3.8, 4) is 5.75 Å². The molecule has 0 fully saturated rings. The maximum Gasteiger partial charge on any atom is 0.121 e. The zero-order valence-electron chi connectivity index (χ0n) is 10.9. The molecule has 1 aliphatic rings. The van der Waals surface area contributed by atoms with E-state index in [9.17, 15) is 0 Å². The van der Waals surface area contributed by atoms with Gasteiger partial charge in [-0.15, -0.1) is 11.8 Å². The first kappa shape index (κ1) is 12.6. The Morgan fingerprint density at radius 2 is 2.24 bits per heavy atom. The molecule has 2 rings (SSSR count). The lowest BCUT2D eigenvalue weighted by atomic mass is 10.1. The average molecular weight is 252 g/mol. The number of nitrogens with one attached hydrogen (secondary N) is 1. The lowest BCUT2D eigenvalue weighted by molar-refractivity contribution is 0.414. The maximum absolute atomic E-state index is 5.29. The summed E-state index contributed by atoms with van der Waals surface area (Å²) in [6.07, 6.45) is 0. The van der Waals surface area contributed by atoms with Gasteiger partial charge in [0.15, 0.2) is 0 Å². The van der Waals surface area contributed by atoms with E-state index in [1.807, 2.05) is 24.9 Å². The summed E-state index contributed by atoms with van der Waals surface area (Å²) in [5.41, 5.74) is 1.27. The van der Waals surface area contributed by atoms with Crippen molar-refractivity contribution in [1.82, 2.24) is 5.32 Å². The van der Waals surface area contributed by atoms with Crippen LogP contribution in [-0.2, 0) is 0 Å². The van der Waals surface area contributed by atoms with Gasteiger partial charge in [0.2, 0.25) is 0 Å². The minimum Gasteiger partial charge on any atom is -0.497 e. The van der Waals surface area contributed by atoms with Gasteiger partial charge in [-0.2, -0.15) is 0 Å². The van der Waals surface area contributed by atoms with Crippen LogP contribution in [0.2, 0.25) is 0 Å². The van der Waals surface area contributed by atoms with Gasteiger partial charge in [-0.05, 0) is 26.1 Å². The fraction of sp³-hybridized carbons (Fsp3) is 0.538. The summed E-state index contributed by atoms with van der Waals surface area (Å²) in [6, 6.07) is 6.83. The van der Waals surface area contributed by atoms with Crippen LogP contribution in [0, 0.1) is 0 Å². The summed E-state index contributed by atoms with van der Waals surface area (Å²) in [4.78, 5) is 3.68. The second-order valence-corrected chi connectivity index (χ2v) is 5.68. The van der Waals surface area contributed by atoms with E-state index in [0.717, 1.165) is 12.3 Å². The van der Waals surface area contributed by atoms with Crippen molar-refractivity contribution in [3.63, 3.8) is 0 Å². The minimum atomic E-state index is 0.520. The van der Waals surface area contributed by atoms with Crippen molar-refractivity contribution in [2.75, 3.05) is 32.6 Å². The van der Waals surface area contributed by atoms with Gasteiger partial charge in [0.1, 0.15) is 5.75 Å². The van der Waals surface area contributed by atoms with Crippen LogP contribution >= 0.6 is 11.8 Å². The zero-order chi connectivity index (χ0) is 12.4. The van der Waals surface area contributed by atoms with Crippen molar-refractivity contribution in [2.45, 2.75) is 23.1 Å². The number of anilines is 1. The van der Waals surface area contributed by atoms with Crippen molar-refractivity contribution >= 4 is 17.4 Å². The third-order valence-corrected chi connectivity index (χ3v) is 4.84. The largest absolute Gasteiger partial charge is 0.497 e. The quantitative estimate of drug-likeness (QED) is 0.891. The molecule has 0 saturated heterocycles. The average Bonchev–Trinajstić information content (AvgIpc) is 2.35. The van der Waals surface area contributed by atoms with E-state index in [1.165, 1.54) is 10.6 Å². The van der Waals surface area contributed by atoms with E-state index >= 15 is 0 Å². The molecule has 0 amide bonds. The molecule has 1 aromatic carbocycles. The molecule has 94 valence electrons. The number of hydrogen-bond donors (Lipinski definition) is 1. The summed E-state index contributed by atoms with van der Waals surface area (Å²) >= 11 is 1.95. The SMILES string of the molecule is CNCC1Sc2ccc(OC)cc2N(C)C1C. The highest BCUT2D eigenvalue weighted by Gasteiger charge is 2.29. The van der Waals surface area contributed by atoms with E-state index in [4.69, 9.17) is 4.74 Å². The fourth-order valence-corrected chi connectivity index (χ4v) is 3.57. The van der Waals surface area contributed by atoms with E-state index in [1.54, 1.807) is 7.11 Å². The molecule has 0 aromatic heterocycles. The number of rotatable bonds is 3. The molecule has 0 aliphatic carbocycles. The van der Waals surface area contributed by atoms with Crippen molar-refractivity contribution in [1.29, 1.82) is 0 Å².